The van der Waals surface area contributed by atoms with Gasteiger partial charge in [0.1, 0.15) is 5.69 Å². The number of anilines is 1. The molecular formula is C21H17ClN2O4. The van der Waals surface area contributed by atoms with E-state index in [1.165, 1.54) is 18.2 Å². The molecule has 0 heterocycles. The number of ketones is 1. The van der Waals surface area contributed by atoms with Crippen molar-refractivity contribution in [2.45, 2.75) is 6.10 Å². The third-order valence-corrected chi connectivity index (χ3v) is 4.49. The average Bonchev–Trinajstić information content (AvgIpc) is 2.72. The van der Waals surface area contributed by atoms with Crippen LogP contribution in [-0.2, 0) is 0 Å². The third-order valence-electron chi connectivity index (χ3n) is 4.23. The van der Waals surface area contributed by atoms with E-state index in [1.54, 1.807) is 54.6 Å². The predicted molar refractivity (Wildman–Crippen MR) is 108 cm³/mol. The minimum absolute atomic E-state index is 0.0639. The first kappa shape index (κ1) is 19.5. The Morgan fingerprint density at radius 2 is 1.71 bits per heavy atom. The number of nitrogens with one attached hydrogen (secondary N) is 1. The molecule has 3 rings (SSSR count). The lowest BCUT2D eigenvalue weighted by Crippen LogP contribution is -2.13. The molecule has 0 radical (unpaired) electrons. The Balaban J connectivity index is 1.79. The van der Waals surface area contributed by atoms with Gasteiger partial charge in [0.2, 0.25) is 0 Å². The van der Waals surface area contributed by atoms with Gasteiger partial charge in [-0.05, 0) is 29.8 Å². The summed E-state index contributed by atoms with van der Waals surface area (Å²) in [5.74, 6) is -0.295. The molecule has 0 saturated heterocycles. The fourth-order valence-electron chi connectivity index (χ4n) is 2.74. The van der Waals surface area contributed by atoms with Gasteiger partial charge in [0.25, 0.3) is 5.69 Å². The van der Waals surface area contributed by atoms with Crippen molar-refractivity contribution >= 4 is 28.8 Å². The first-order valence-corrected chi connectivity index (χ1v) is 8.89. The number of hydrogen-bond donors (Lipinski definition) is 2. The van der Waals surface area contributed by atoms with Gasteiger partial charge < -0.3 is 10.4 Å². The summed E-state index contributed by atoms with van der Waals surface area (Å²) in [5, 5.41) is 25.2. The molecule has 1 atom stereocenters. The third kappa shape index (κ3) is 4.54. The molecule has 0 unspecified atom stereocenters. The van der Waals surface area contributed by atoms with E-state index in [-0.39, 0.29) is 29.3 Å². The summed E-state index contributed by atoms with van der Waals surface area (Å²) >= 11 is 5.83. The predicted octanol–water partition coefficient (Wildman–Crippen LogP) is 4.62. The van der Waals surface area contributed by atoms with Gasteiger partial charge >= 0.3 is 0 Å². The molecule has 0 bridgehead atoms. The number of rotatable bonds is 7. The van der Waals surface area contributed by atoms with Crippen LogP contribution in [0.15, 0.2) is 72.8 Å². The first-order valence-electron chi connectivity index (χ1n) is 8.51. The standard InChI is InChI=1S/C21H17ClN2O4/c22-17-9-6-14(7-10-17)20(25)13-23-18-11-8-16(12-19(18)24(27)28)21(26)15-4-2-1-3-5-15/h1-12,20,23,25H,13H2/t20-/m1/s1. The van der Waals surface area contributed by atoms with E-state index in [0.717, 1.165) is 0 Å². The van der Waals surface area contributed by atoms with E-state index in [9.17, 15) is 20.0 Å². The molecule has 0 spiro atoms. The summed E-state index contributed by atoms with van der Waals surface area (Å²) in [6.07, 6.45) is -0.873. The maximum atomic E-state index is 12.5. The maximum absolute atomic E-state index is 12.5. The minimum Gasteiger partial charge on any atom is -0.387 e. The number of hydrogen-bond acceptors (Lipinski definition) is 5. The Hall–Kier alpha value is -3.22. The Labute approximate surface area is 166 Å². The number of halogens is 1. The lowest BCUT2D eigenvalue weighted by molar-refractivity contribution is -0.384. The smallest absolute Gasteiger partial charge is 0.293 e. The summed E-state index contributed by atoms with van der Waals surface area (Å²) in [6, 6.07) is 19.5. The quantitative estimate of drug-likeness (QED) is 0.345. The van der Waals surface area contributed by atoms with Gasteiger partial charge in [0.05, 0.1) is 11.0 Å². The molecule has 6 nitrogen and oxygen atoms in total. The lowest BCUT2D eigenvalue weighted by atomic mass is 10.0. The number of aliphatic hydroxyl groups is 1. The summed E-state index contributed by atoms with van der Waals surface area (Å²) in [5.41, 5.74) is 1.31. The molecule has 0 fully saturated rings. The lowest BCUT2D eigenvalue weighted by Gasteiger charge is -2.14. The van der Waals surface area contributed by atoms with Crippen LogP contribution in [0.4, 0.5) is 11.4 Å². The maximum Gasteiger partial charge on any atom is 0.293 e. The fourth-order valence-corrected chi connectivity index (χ4v) is 2.87. The van der Waals surface area contributed by atoms with Crippen LogP contribution in [0.1, 0.15) is 27.6 Å². The van der Waals surface area contributed by atoms with Gasteiger partial charge in [-0.15, -0.1) is 0 Å². The highest BCUT2D eigenvalue weighted by Crippen LogP contribution is 2.28. The van der Waals surface area contributed by atoms with Crippen LogP contribution < -0.4 is 5.32 Å². The molecule has 0 amide bonds. The van der Waals surface area contributed by atoms with E-state index in [4.69, 9.17) is 11.6 Å². The topological polar surface area (TPSA) is 92.5 Å². The molecule has 0 aliphatic carbocycles. The van der Waals surface area contributed by atoms with Crippen LogP contribution >= 0.6 is 11.6 Å². The van der Waals surface area contributed by atoms with Crippen molar-refractivity contribution in [2.24, 2.45) is 0 Å². The minimum atomic E-state index is -0.873. The van der Waals surface area contributed by atoms with Crippen LogP contribution in [0.2, 0.25) is 5.02 Å². The van der Waals surface area contributed by atoms with E-state index in [0.29, 0.717) is 16.1 Å². The molecule has 3 aromatic rings. The fraction of sp³-hybridized carbons (Fsp3) is 0.0952. The number of nitro benzene ring substituents is 1. The van der Waals surface area contributed by atoms with Gasteiger partial charge in [-0.25, -0.2) is 0 Å². The van der Waals surface area contributed by atoms with Crippen molar-refractivity contribution in [3.63, 3.8) is 0 Å². The van der Waals surface area contributed by atoms with E-state index >= 15 is 0 Å². The zero-order chi connectivity index (χ0) is 20.1. The molecule has 0 aliphatic rings. The molecular weight excluding hydrogens is 380 g/mol. The summed E-state index contributed by atoms with van der Waals surface area (Å²) in [4.78, 5) is 23.4. The van der Waals surface area contributed by atoms with Crippen LogP contribution in [0.3, 0.4) is 0 Å². The molecule has 2 N–H and O–H groups in total. The van der Waals surface area contributed by atoms with Gasteiger partial charge in [-0.1, -0.05) is 54.1 Å². The Bertz CT molecular complexity index is 991. The number of carbonyl (C=O) groups excluding carboxylic acids is 1. The summed E-state index contributed by atoms with van der Waals surface area (Å²) < 4.78 is 0. The Morgan fingerprint density at radius 3 is 2.36 bits per heavy atom. The van der Waals surface area contributed by atoms with E-state index in [2.05, 4.69) is 5.32 Å². The van der Waals surface area contributed by atoms with Crippen LogP contribution in [0.5, 0.6) is 0 Å². The second kappa shape index (κ2) is 8.65. The summed E-state index contributed by atoms with van der Waals surface area (Å²) in [6.45, 7) is 0.0639. The second-order valence-electron chi connectivity index (χ2n) is 6.13. The van der Waals surface area contributed by atoms with Gasteiger partial charge in [0, 0.05) is 28.8 Å². The molecule has 28 heavy (non-hydrogen) atoms. The van der Waals surface area contributed by atoms with Gasteiger partial charge in [0.15, 0.2) is 5.78 Å². The van der Waals surface area contributed by atoms with Crippen LogP contribution in [-0.4, -0.2) is 22.4 Å². The Morgan fingerprint density at radius 1 is 1.04 bits per heavy atom. The van der Waals surface area contributed by atoms with E-state index in [1.807, 2.05) is 0 Å². The number of nitrogens with zero attached hydrogens (tertiary/aromatic N) is 1. The van der Waals surface area contributed by atoms with Crippen molar-refractivity contribution < 1.29 is 14.8 Å². The van der Waals surface area contributed by atoms with E-state index < -0.39 is 11.0 Å². The number of carbonyl (C=O) groups is 1. The number of benzene rings is 3. The van der Waals surface area contributed by atoms with Gasteiger partial charge in [-0.3, -0.25) is 14.9 Å². The Kier molecular flexibility index (Phi) is 6.03. The molecule has 0 aliphatic heterocycles. The van der Waals surface area contributed by atoms with Crippen LogP contribution in [0, 0.1) is 10.1 Å². The summed E-state index contributed by atoms with van der Waals surface area (Å²) in [7, 11) is 0. The second-order valence-corrected chi connectivity index (χ2v) is 6.57. The van der Waals surface area contributed by atoms with Crippen molar-refractivity contribution in [1.29, 1.82) is 0 Å². The first-order chi connectivity index (χ1) is 13.5. The number of aliphatic hydroxyl groups excluding tert-OH is 1. The van der Waals surface area contributed by atoms with Crippen LogP contribution in [0.25, 0.3) is 0 Å². The average molecular weight is 397 g/mol. The highest BCUT2D eigenvalue weighted by molar-refractivity contribution is 6.30. The molecule has 142 valence electrons. The van der Waals surface area contributed by atoms with Gasteiger partial charge in [-0.2, -0.15) is 0 Å². The monoisotopic (exact) mass is 396 g/mol. The van der Waals surface area contributed by atoms with Crippen molar-refractivity contribution in [2.75, 3.05) is 11.9 Å². The highest BCUT2D eigenvalue weighted by Gasteiger charge is 2.19. The van der Waals surface area contributed by atoms with Crippen molar-refractivity contribution in [3.05, 3.63) is 105 Å². The molecule has 7 heteroatoms. The largest absolute Gasteiger partial charge is 0.387 e. The highest BCUT2D eigenvalue weighted by atomic mass is 35.5. The molecule has 0 aromatic heterocycles. The normalized spacial score (nSPS) is 11.6. The van der Waals surface area contributed by atoms with Crippen molar-refractivity contribution in [1.82, 2.24) is 0 Å². The number of nitro groups is 1. The zero-order valence-corrected chi connectivity index (χ0v) is 15.5. The molecule has 3 aromatic carbocycles. The zero-order valence-electron chi connectivity index (χ0n) is 14.7. The SMILES string of the molecule is O=C(c1ccccc1)c1ccc(NC[C@@H](O)c2ccc(Cl)cc2)c([N+](=O)[O-])c1. The van der Waals surface area contributed by atoms with Crippen molar-refractivity contribution in [3.8, 4) is 0 Å². The molecule has 0 saturated carbocycles.